The summed E-state index contributed by atoms with van der Waals surface area (Å²) in [5, 5.41) is 23.2. The molecule has 0 spiro atoms. The van der Waals surface area contributed by atoms with Crippen molar-refractivity contribution in [2.75, 3.05) is 13.1 Å². The van der Waals surface area contributed by atoms with E-state index in [0.29, 0.717) is 13.1 Å². The van der Waals surface area contributed by atoms with Crippen LogP contribution in [0, 0.1) is 0 Å². The Balaban J connectivity index is 2.15. The average Bonchev–Trinajstić information content (AvgIpc) is 2.79. The Hall–Kier alpha value is -0.460. The van der Waals surface area contributed by atoms with E-state index in [2.05, 4.69) is 16.3 Å². The molecule has 0 aromatic carbocycles. The Kier molecular flexibility index (Phi) is 3.61. The zero-order valence-electron chi connectivity index (χ0n) is 9.28. The first-order valence-corrected chi connectivity index (χ1v) is 6.41. The van der Waals surface area contributed by atoms with Crippen LogP contribution < -0.4 is 5.73 Å². The summed E-state index contributed by atoms with van der Waals surface area (Å²) >= 11 is 1.64. The molecular formula is C11H18N2O2S. The van der Waals surface area contributed by atoms with Crippen LogP contribution in [-0.4, -0.2) is 46.5 Å². The van der Waals surface area contributed by atoms with Crippen molar-refractivity contribution in [3.63, 3.8) is 0 Å². The van der Waals surface area contributed by atoms with Crippen molar-refractivity contribution in [1.82, 2.24) is 4.90 Å². The number of nitrogens with two attached hydrogens (primary N) is 1. The first-order valence-electron chi connectivity index (χ1n) is 5.47. The molecule has 1 aliphatic heterocycles. The molecule has 4 N–H and O–H groups in total. The largest absolute Gasteiger partial charge is 0.389 e. The molecule has 0 aliphatic carbocycles. The molecule has 1 fully saturated rings. The van der Waals surface area contributed by atoms with Crippen molar-refractivity contribution < 1.29 is 10.2 Å². The molecule has 4 atom stereocenters. The predicted octanol–water partition coefficient (Wildman–Crippen LogP) is 0.174. The van der Waals surface area contributed by atoms with Crippen LogP contribution in [0.2, 0.25) is 0 Å². The molecule has 1 aliphatic rings. The Morgan fingerprint density at radius 2 is 2.06 bits per heavy atom. The molecule has 16 heavy (non-hydrogen) atoms. The van der Waals surface area contributed by atoms with E-state index in [4.69, 9.17) is 5.73 Å². The summed E-state index contributed by atoms with van der Waals surface area (Å²) in [7, 11) is 0. The highest BCUT2D eigenvalue weighted by Crippen LogP contribution is 2.28. The second kappa shape index (κ2) is 4.81. The lowest BCUT2D eigenvalue weighted by Gasteiger charge is -2.30. The lowest BCUT2D eigenvalue weighted by Crippen LogP contribution is -2.38. The Labute approximate surface area is 99.3 Å². The number of rotatable bonds is 3. The van der Waals surface area contributed by atoms with Gasteiger partial charge < -0.3 is 15.9 Å². The van der Waals surface area contributed by atoms with Gasteiger partial charge in [0.25, 0.3) is 0 Å². The number of hydrogen-bond donors (Lipinski definition) is 3. The van der Waals surface area contributed by atoms with E-state index in [0.717, 1.165) is 0 Å². The summed E-state index contributed by atoms with van der Waals surface area (Å²) in [5.41, 5.74) is 7.17. The summed E-state index contributed by atoms with van der Waals surface area (Å²) in [4.78, 5) is 2.06. The van der Waals surface area contributed by atoms with Crippen LogP contribution in [0.4, 0.5) is 0 Å². The van der Waals surface area contributed by atoms with E-state index in [1.165, 1.54) is 5.56 Å². The minimum absolute atomic E-state index is 0.0212. The molecule has 0 saturated carbocycles. The second-order valence-corrected chi connectivity index (χ2v) is 5.23. The van der Waals surface area contributed by atoms with Gasteiger partial charge in [0.1, 0.15) is 0 Å². The van der Waals surface area contributed by atoms with Gasteiger partial charge in [-0.05, 0) is 29.3 Å². The fraction of sp³-hybridized carbons (Fsp3) is 0.636. The summed E-state index contributed by atoms with van der Waals surface area (Å²) in [5.74, 6) is 0. The molecule has 0 bridgehead atoms. The third-order valence-corrected chi connectivity index (χ3v) is 3.76. The molecule has 1 saturated heterocycles. The molecule has 90 valence electrons. The zero-order valence-corrected chi connectivity index (χ0v) is 10.1. The lowest BCUT2D eigenvalue weighted by atomic mass is 10.0. The number of aliphatic hydroxyl groups is 2. The third-order valence-electron chi connectivity index (χ3n) is 3.06. The lowest BCUT2D eigenvalue weighted by molar-refractivity contribution is 0.0572. The van der Waals surface area contributed by atoms with Gasteiger partial charge in [0.2, 0.25) is 0 Å². The molecule has 5 heteroatoms. The van der Waals surface area contributed by atoms with Gasteiger partial charge in [0.05, 0.1) is 18.2 Å². The number of thiophene rings is 1. The van der Waals surface area contributed by atoms with Crippen molar-refractivity contribution in [1.29, 1.82) is 0 Å². The third kappa shape index (κ3) is 2.28. The highest BCUT2D eigenvalue weighted by Gasteiger charge is 2.35. The van der Waals surface area contributed by atoms with Gasteiger partial charge in [-0.25, -0.2) is 0 Å². The van der Waals surface area contributed by atoms with Crippen molar-refractivity contribution in [3.05, 3.63) is 22.4 Å². The van der Waals surface area contributed by atoms with Crippen molar-refractivity contribution in [2.45, 2.75) is 31.2 Å². The fourth-order valence-electron chi connectivity index (χ4n) is 2.32. The SMILES string of the molecule is CC(N)C(c1ccsc1)N1CC(O)C(O)C1. The summed E-state index contributed by atoms with van der Waals surface area (Å²) < 4.78 is 0. The van der Waals surface area contributed by atoms with Gasteiger partial charge in [-0.3, -0.25) is 4.90 Å². The van der Waals surface area contributed by atoms with E-state index < -0.39 is 12.2 Å². The minimum Gasteiger partial charge on any atom is -0.389 e. The number of nitrogens with zero attached hydrogens (tertiary/aromatic N) is 1. The van der Waals surface area contributed by atoms with Gasteiger partial charge in [0.15, 0.2) is 0 Å². The maximum absolute atomic E-state index is 9.57. The molecule has 2 rings (SSSR count). The first-order chi connectivity index (χ1) is 7.59. The van der Waals surface area contributed by atoms with Crippen LogP contribution in [0.5, 0.6) is 0 Å². The molecule has 1 aromatic heterocycles. The maximum Gasteiger partial charge on any atom is 0.0938 e. The molecular weight excluding hydrogens is 224 g/mol. The molecule has 1 aromatic rings. The highest BCUT2D eigenvalue weighted by atomic mass is 32.1. The standard InChI is InChI=1S/C11H18N2O2S/c1-7(12)11(8-2-3-16-6-8)13-4-9(14)10(15)5-13/h2-3,6-7,9-11,14-15H,4-5,12H2,1H3. The smallest absolute Gasteiger partial charge is 0.0938 e. The van der Waals surface area contributed by atoms with E-state index >= 15 is 0 Å². The predicted molar refractivity (Wildman–Crippen MR) is 64.3 cm³/mol. The van der Waals surface area contributed by atoms with Crippen LogP contribution in [0.1, 0.15) is 18.5 Å². The van der Waals surface area contributed by atoms with Crippen molar-refractivity contribution >= 4 is 11.3 Å². The fourth-order valence-corrected chi connectivity index (χ4v) is 3.01. The van der Waals surface area contributed by atoms with Gasteiger partial charge in [0, 0.05) is 19.1 Å². The Morgan fingerprint density at radius 1 is 1.44 bits per heavy atom. The number of β-amino-alcohol motifs (C(OH)–C–C–N with tert-alkyl or cyclic N) is 2. The summed E-state index contributed by atoms with van der Waals surface area (Å²) in [6.07, 6.45) is -1.31. The monoisotopic (exact) mass is 242 g/mol. The molecule has 4 unspecified atom stereocenters. The number of hydrogen-bond acceptors (Lipinski definition) is 5. The van der Waals surface area contributed by atoms with Crippen LogP contribution in [0.15, 0.2) is 16.8 Å². The normalized spacial score (nSPS) is 30.5. The van der Waals surface area contributed by atoms with Gasteiger partial charge in [-0.2, -0.15) is 11.3 Å². The zero-order chi connectivity index (χ0) is 11.7. The highest BCUT2D eigenvalue weighted by molar-refractivity contribution is 7.07. The Morgan fingerprint density at radius 3 is 2.50 bits per heavy atom. The minimum atomic E-state index is -0.653. The van der Waals surface area contributed by atoms with Crippen molar-refractivity contribution in [3.8, 4) is 0 Å². The molecule has 4 nitrogen and oxygen atoms in total. The quantitative estimate of drug-likeness (QED) is 0.707. The van der Waals surface area contributed by atoms with Crippen LogP contribution in [-0.2, 0) is 0 Å². The van der Waals surface area contributed by atoms with Gasteiger partial charge in [-0.15, -0.1) is 0 Å². The maximum atomic E-state index is 9.57. The Bertz CT molecular complexity index is 319. The molecule has 2 heterocycles. The topological polar surface area (TPSA) is 69.7 Å². The molecule has 0 amide bonds. The average molecular weight is 242 g/mol. The number of likely N-dealkylation sites (tertiary alicyclic amines) is 1. The van der Waals surface area contributed by atoms with Gasteiger partial charge >= 0.3 is 0 Å². The molecule has 0 radical (unpaired) electrons. The first kappa shape index (κ1) is 12.0. The van der Waals surface area contributed by atoms with Crippen LogP contribution in [0.3, 0.4) is 0 Å². The second-order valence-electron chi connectivity index (χ2n) is 4.45. The summed E-state index contributed by atoms with van der Waals surface area (Å²) in [6, 6.07) is 2.11. The van der Waals surface area contributed by atoms with E-state index in [-0.39, 0.29) is 12.1 Å². The van der Waals surface area contributed by atoms with Crippen LogP contribution >= 0.6 is 11.3 Å². The van der Waals surface area contributed by atoms with E-state index in [9.17, 15) is 10.2 Å². The van der Waals surface area contributed by atoms with E-state index in [1.807, 2.05) is 12.3 Å². The van der Waals surface area contributed by atoms with Crippen molar-refractivity contribution in [2.24, 2.45) is 5.73 Å². The van der Waals surface area contributed by atoms with Gasteiger partial charge in [-0.1, -0.05) is 0 Å². The van der Waals surface area contributed by atoms with E-state index in [1.54, 1.807) is 11.3 Å². The summed E-state index contributed by atoms with van der Waals surface area (Å²) in [6.45, 7) is 2.94. The number of aliphatic hydroxyl groups excluding tert-OH is 2. The van der Waals surface area contributed by atoms with Crippen LogP contribution in [0.25, 0.3) is 0 Å².